The predicted molar refractivity (Wildman–Crippen MR) is 97.9 cm³/mol. The smallest absolute Gasteiger partial charge is 0.254 e. The van der Waals surface area contributed by atoms with Crippen molar-refractivity contribution in [3.8, 4) is 0 Å². The van der Waals surface area contributed by atoms with Crippen LogP contribution in [0.3, 0.4) is 0 Å². The summed E-state index contributed by atoms with van der Waals surface area (Å²) in [6.07, 6.45) is 7.10. The molecule has 136 valence electrons. The molecule has 0 aliphatic carbocycles. The molecule has 2 amide bonds. The Labute approximate surface area is 153 Å². The largest absolute Gasteiger partial charge is 0.354 e. The van der Waals surface area contributed by atoms with Crippen LogP contribution in [0.4, 0.5) is 0 Å². The topological polar surface area (TPSA) is 67.2 Å². The van der Waals surface area contributed by atoms with Crippen LogP contribution in [0.25, 0.3) is 0 Å². The van der Waals surface area contributed by atoms with Gasteiger partial charge in [0.2, 0.25) is 5.91 Å². The van der Waals surface area contributed by atoms with Gasteiger partial charge >= 0.3 is 0 Å². The van der Waals surface area contributed by atoms with Crippen molar-refractivity contribution in [2.24, 2.45) is 0 Å². The normalized spacial score (nSPS) is 16.2. The van der Waals surface area contributed by atoms with E-state index in [4.69, 9.17) is 0 Å². The van der Waals surface area contributed by atoms with Crippen molar-refractivity contribution < 1.29 is 9.59 Å². The molecule has 1 aromatic carbocycles. The first-order chi connectivity index (χ1) is 12.7. The second-order valence-electron chi connectivity index (χ2n) is 7.03. The summed E-state index contributed by atoms with van der Waals surface area (Å²) < 4.78 is 2.23. The maximum absolute atomic E-state index is 12.5. The van der Waals surface area contributed by atoms with Gasteiger partial charge in [0.15, 0.2) is 0 Å². The molecule has 2 aliphatic rings. The first-order valence-electron chi connectivity index (χ1n) is 9.39. The van der Waals surface area contributed by atoms with E-state index in [0.717, 1.165) is 48.5 Å². The molecule has 2 aromatic rings. The van der Waals surface area contributed by atoms with Gasteiger partial charge in [0.1, 0.15) is 5.82 Å². The quantitative estimate of drug-likeness (QED) is 0.888. The molecule has 0 radical (unpaired) electrons. The highest BCUT2D eigenvalue weighted by Crippen LogP contribution is 2.18. The lowest BCUT2D eigenvalue weighted by Gasteiger charge is -2.27. The Morgan fingerprint density at radius 1 is 1.15 bits per heavy atom. The molecule has 0 spiro atoms. The van der Waals surface area contributed by atoms with Crippen molar-refractivity contribution in [2.45, 2.75) is 38.6 Å². The van der Waals surface area contributed by atoms with Crippen molar-refractivity contribution in [1.82, 2.24) is 19.8 Å². The molecule has 1 N–H and O–H groups in total. The van der Waals surface area contributed by atoms with Crippen molar-refractivity contribution in [3.05, 3.63) is 53.1 Å². The molecular formula is C20H24N4O2. The van der Waals surface area contributed by atoms with E-state index in [-0.39, 0.29) is 18.4 Å². The van der Waals surface area contributed by atoms with Gasteiger partial charge < -0.3 is 14.8 Å². The first kappa shape index (κ1) is 16.8. The molecule has 0 bridgehead atoms. The van der Waals surface area contributed by atoms with E-state index >= 15 is 0 Å². The molecule has 0 fully saturated rings. The number of hydrogen-bond donors (Lipinski definition) is 1. The molecule has 1 aromatic heterocycles. The van der Waals surface area contributed by atoms with Crippen LogP contribution in [-0.2, 0) is 30.6 Å². The maximum atomic E-state index is 12.5. The fraction of sp³-hybridized carbons (Fsp3) is 0.450. The van der Waals surface area contributed by atoms with Crippen LogP contribution in [-0.4, -0.2) is 45.9 Å². The highest BCUT2D eigenvalue weighted by Gasteiger charge is 2.25. The highest BCUT2D eigenvalue weighted by molar-refractivity contribution is 5.98. The summed E-state index contributed by atoms with van der Waals surface area (Å²) in [5.41, 5.74) is 2.82. The summed E-state index contributed by atoms with van der Waals surface area (Å²) in [5, 5.41) is 2.92. The molecule has 4 rings (SSSR count). The van der Waals surface area contributed by atoms with E-state index in [9.17, 15) is 9.59 Å². The van der Waals surface area contributed by atoms with Gasteiger partial charge in [0.05, 0.1) is 12.2 Å². The number of fused-ring (bicyclic) bond motifs is 2. The van der Waals surface area contributed by atoms with Gasteiger partial charge in [-0.15, -0.1) is 0 Å². The lowest BCUT2D eigenvalue weighted by molar-refractivity contribution is -0.121. The molecule has 0 atom stereocenters. The number of carbonyl (C=O) groups is 2. The SMILES string of the molecule is O=C(CN1CCc2ccccc2C1=O)NCCc1cn2c(n1)CCCC2. The molecule has 3 heterocycles. The van der Waals surface area contributed by atoms with Crippen molar-refractivity contribution in [1.29, 1.82) is 0 Å². The molecule has 0 saturated heterocycles. The number of carbonyl (C=O) groups excluding carboxylic acids is 2. The van der Waals surface area contributed by atoms with Gasteiger partial charge in [0.25, 0.3) is 5.91 Å². The van der Waals surface area contributed by atoms with Crippen molar-refractivity contribution >= 4 is 11.8 Å². The molecule has 26 heavy (non-hydrogen) atoms. The average Bonchev–Trinajstić information content (AvgIpc) is 3.07. The second kappa shape index (κ2) is 7.32. The summed E-state index contributed by atoms with van der Waals surface area (Å²) in [6, 6.07) is 7.63. The number of aryl methyl sites for hydroxylation is 2. The van der Waals surface area contributed by atoms with Crippen molar-refractivity contribution in [2.75, 3.05) is 19.6 Å². The molecule has 6 heteroatoms. The molecular weight excluding hydrogens is 328 g/mol. The van der Waals surface area contributed by atoms with Crippen LogP contribution in [0, 0.1) is 0 Å². The maximum Gasteiger partial charge on any atom is 0.254 e. The first-order valence-corrected chi connectivity index (χ1v) is 9.39. The van der Waals surface area contributed by atoms with Gasteiger partial charge in [-0.25, -0.2) is 4.98 Å². The van der Waals surface area contributed by atoms with Crippen LogP contribution in [0.15, 0.2) is 30.5 Å². The average molecular weight is 352 g/mol. The minimum absolute atomic E-state index is 0.0521. The van der Waals surface area contributed by atoms with E-state index in [1.807, 2.05) is 24.3 Å². The van der Waals surface area contributed by atoms with Crippen LogP contribution in [0.1, 0.15) is 40.3 Å². The third-order valence-electron chi connectivity index (χ3n) is 5.18. The minimum atomic E-state index is -0.110. The van der Waals surface area contributed by atoms with E-state index in [2.05, 4.69) is 21.1 Å². The lowest BCUT2D eigenvalue weighted by atomic mass is 9.99. The number of amides is 2. The Kier molecular flexibility index (Phi) is 4.73. The van der Waals surface area contributed by atoms with Crippen LogP contribution >= 0.6 is 0 Å². The van der Waals surface area contributed by atoms with Crippen LogP contribution in [0.2, 0.25) is 0 Å². The van der Waals surface area contributed by atoms with Gasteiger partial charge in [-0.1, -0.05) is 18.2 Å². The Morgan fingerprint density at radius 2 is 2.04 bits per heavy atom. The number of aromatic nitrogens is 2. The highest BCUT2D eigenvalue weighted by atomic mass is 16.2. The molecule has 0 unspecified atom stereocenters. The summed E-state index contributed by atoms with van der Waals surface area (Å²) in [6.45, 7) is 2.31. The predicted octanol–water partition coefficient (Wildman–Crippen LogP) is 1.58. The number of nitrogens with zero attached hydrogens (tertiary/aromatic N) is 3. The Bertz CT molecular complexity index is 803. The van der Waals surface area contributed by atoms with E-state index in [1.165, 1.54) is 12.8 Å². The summed E-state index contributed by atoms with van der Waals surface area (Å²) in [5.74, 6) is 1.00. The number of benzene rings is 1. The lowest BCUT2D eigenvalue weighted by Crippen LogP contribution is -2.44. The monoisotopic (exact) mass is 352 g/mol. The molecule has 6 nitrogen and oxygen atoms in total. The molecule has 2 aliphatic heterocycles. The zero-order chi connectivity index (χ0) is 17.9. The summed E-state index contributed by atoms with van der Waals surface area (Å²) in [4.78, 5) is 31.0. The van der Waals surface area contributed by atoms with Gasteiger partial charge in [-0.3, -0.25) is 9.59 Å². The second-order valence-corrected chi connectivity index (χ2v) is 7.03. The van der Waals surface area contributed by atoms with E-state index in [0.29, 0.717) is 13.1 Å². The van der Waals surface area contributed by atoms with Crippen molar-refractivity contribution in [3.63, 3.8) is 0 Å². The van der Waals surface area contributed by atoms with Crippen LogP contribution < -0.4 is 5.32 Å². The third kappa shape index (κ3) is 3.49. The summed E-state index contributed by atoms with van der Waals surface area (Å²) >= 11 is 0. The Morgan fingerprint density at radius 3 is 2.92 bits per heavy atom. The summed E-state index contributed by atoms with van der Waals surface area (Å²) in [7, 11) is 0. The standard InChI is InChI=1S/C20H24N4O2/c25-19(14-24-12-9-15-5-1-2-6-17(15)20(24)26)21-10-8-16-13-23-11-4-3-7-18(23)22-16/h1-2,5-6,13H,3-4,7-12,14H2,(H,21,25). The Balaban J connectivity index is 1.27. The van der Waals surface area contributed by atoms with Gasteiger partial charge in [-0.2, -0.15) is 0 Å². The number of rotatable bonds is 5. The number of nitrogens with one attached hydrogen (secondary N) is 1. The fourth-order valence-corrected chi connectivity index (χ4v) is 3.78. The number of imidazole rings is 1. The molecule has 0 saturated carbocycles. The zero-order valence-electron chi connectivity index (χ0n) is 14.9. The van der Waals surface area contributed by atoms with E-state index in [1.54, 1.807) is 4.90 Å². The fourth-order valence-electron chi connectivity index (χ4n) is 3.78. The number of hydrogen-bond acceptors (Lipinski definition) is 3. The van der Waals surface area contributed by atoms with Crippen LogP contribution in [0.5, 0.6) is 0 Å². The third-order valence-corrected chi connectivity index (χ3v) is 5.18. The van der Waals surface area contributed by atoms with Gasteiger partial charge in [-0.05, 0) is 30.9 Å². The van der Waals surface area contributed by atoms with E-state index < -0.39 is 0 Å². The Hall–Kier alpha value is -2.63. The minimum Gasteiger partial charge on any atom is -0.354 e. The van der Waals surface area contributed by atoms with Gasteiger partial charge in [0, 0.05) is 44.2 Å². The zero-order valence-corrected chi connectivity index (χ0v) is 14.9.